The van der Waals surface area contributed by atoms with E-state index in [9.17, 15) is 14.4 Å². The molecule has 6 heteroatoms. The normalized spacial score (nSPS) is 16.5. The van der Waals surface area contributed by atoms with Crippen molar-refractivity contribution in [3.8, 4) is 0 Å². The zero-order chi connectivity index (χ0) is 23.9. The molecular formula is C28H32N2O4. The number of fused-ring (bicyclic) bond motifs is 2. The minimum absolute atomic E-state index is 0.0931. The van der Waals surface area contributed by atoms with Gasteiger partial charge in [-0.2, -0.15) is 0 Å². The van der Waals surface area contributed by atoms with Crippen LogP contribution in [0.5, 0.6) is 0 Å². The van der Waals surface area contributed by atoms with Crippen LogP contribution in [-0.2, 0) is 14.4 Å². The molecule has 0 spiro atoms. The summed E-state index contributed by atoms with van der Waals surface area (Å²) in [6.07, 6.45) is 9.72. The van der Waals surface area contributed by atoms with Gasteiger partial charge in [0.05, 0.1) is 16.8 Å². The van der Waals surface area contributed by atoms with Gasteiger partial charge in [0.25, 0.3) is 11.8 Å². The van der Waals surface area contributed by atoms with Crippen LogP contribution in [0.1, 0.15) is 75.3 Å². The third-order valence-electron chi connectivity index (χ3n) is 6.62. The lowest BCUT2D eigenvalue weighted by molar-refractivity contribution is -0.137. The van der Waals surface area contributed by atoms with Crippen molar-refractivity contribution < 1.29 is 19.5 Å². The van der Waals surface area contributed by atoms with Crippen LogP contribution in [0.25, 0.3) is 11.1 Å². The molecule has 178 valence electrons. The number of carboxylic acid groups (broad SMARTS) is 1. The number of hydrogen-bond donors (Lipinski definition) is 2. The van der Waals surface area contributed by atoms with Crippen molar-refractivity contribution in [3.05, 3.63) is 59.7 Å². The van der Waals surface area contributed by atoms with E-state index < -0.39 is 5.97 Å². The monoisotopic (exact) mass is 460 g/mol. The van der Waals surface area contributed by atoms with Gasteiger partial charge in [-0.1, -0.05) is 81.3 Å². The molecule has 0 saturated carbocycles. The second-order valence-corrected chi connectivity index (χ2v) is 9.05. The molecule has 2 aromatic rings. The highest BCUT2D eigenvalue weighted by molar-refractivity contribution is 6.49. The standard InChI is InChI=1S/C28H32N2O4/c31-24(32)18-8-6-4-2-1-3-5-7-13-19-30-23-17-12-10-15-21(23)26(28(30)34)25-20-14-9-11-16-22(20)29-27(25)33/h9-12,14-17H,1-8,13,18-19H2,(H,29,33)(H,31,32)/b26-25+. The van der Waals surface area contributed by atoms with E-state index in [4.69, 9.17) is 5.11 Å². The Balaban J connectivity index is 1.31. The van der Waals surface area contributed by atoms with E-state index in [2.05, 4.69) is 5.32 Å². The predicted molar refractivity (Wildman–Crippen MR) is 134 cm³/mol. The number of nitrogens with zero attached hydrogens (tertiary/aromatic N) is 1. The Labute approximate surface area is 200 Å². The number of para-hydroxylation sites is 2. The second kappa shape index (κ2) is 11.1. The first-order valence-corrected chi connectivity index (χ1v) is 12.4. The fourth-order valence-electron chi connectivity index (χ4n) is 4.89. The molecule has 0 aromatic heterocycles. The van der Waals surface area contributed by atoms with Gasteiger partial charge in [-0.3, -0.25) is 14.4 Å². The van der Waals surface area contributed by atoms with Crippen LogP contribution in [0.15, 0.2) is 48.5 Å². The van der Waals surface area contributed by atoms with Gasteiger partial charge in [0.15, 0.2) is 0 Å². The van der Waals surface area contributed by atoms with Gasteiger partial charge in [0.2, 0.25) is 0 Å². The van der Waals surface area contributed by atoms with Crippen molar-refractivity contribution in [2.24, 2.45) is 0 Å². The first-order valence-electron chi connectivity index (χ1n) is 12.4. The third kappa shape index (κ3) is 5.22. The average Bonchev–Trinajstić information content (AvgIpc) is 3.29. The summed E-state index contributed by atoms with van der Waals surface area (Å²) in [6, 6.07) is 15.3. The molecule has 0 radical (unpaired) electrons. The smallest absolute Gasteiger partial charge is 0.303 e. The van der Waals surface area contributed by atoms with Crippen molar-refractivity contribution in [3.63, 3.8) is 0 Å². The fourth-order valence-corrected chi connectivity index (χ4v) is 4.89. The van der Waals surface area contributed by atoms with E-state index in [0.717, 1.165) is 73.9 Å². The summed E-state index contributed by atoms with van der Waals surface area (Å²) < 4.78 is 0. The van der Waals surface area contributed by atoms with E-state index in [0.29, 0.717) is 17.7 Å². The van der Waals surface area contributed by atoms with Gasteiger partial charge in [-0.15, -0.1) is 0 Å². The zero-order valence-electron chi connectivity index (χ0n) is 19.5. The fraction of sp³-hybridized carbons (Fsp3) is 0.393. The van der Waals surface area contributed by atoms with Crippen molar-refractivity contribution in [1.82, 2.24) is 0 Å². The molecule has 0 unspecified atom stereocenters. The molecule has 34 heavy (non-hydrogen) atoms. The number of nitrogens with one attached hydrogen (secondary N) is 1. The SMILES string of the molecule is O=C(O)CCCCCCCCCCCN1C(=O)/C(=C2/C(=O)Nc3ccccc32)c2ccccc21. The van der Waals surface area contributed by atoms with Crippen LogP contribution in [0.3, 0.4) is 0 Å². The molecular weight excluding hydrogens is 428 g/mol. The van der Waals surface area contributed by atoms with E-state index in [1.54, 1.807) is 0 Å². The number of hydrogen-bond acceptors (Lipinski definition) is 3. The van der Waals surface area contributed by atoms with Crippen LogP contribution in [0.2, 0.25) is 0 Å². The summed E-state index contributed by atoms with van der Waals surface area (Å²) in [5.41, 5.74) is 4.22. The van der Waals surface area contributed by atoms with E-state index in [-0.39, 0.29) is 18.2 Å². The van der Waals surface area contributed by atoms with Crippen molar-refractivity contribution in [2.75, 3.05) is 16.8 Å². The first kappa shape index (κ1) is 23.7. The van der Waals surface area contributed by atoms with Crippen LogP contribution in [-0.4, -0.2) is 29.4 Å². The third-order valence-corrected chi connectivity index (χ3v) is 6.62. The maximum Gasteiger partial charge on any atom is 0.303 e. The molecule has 2 aromatic carbocycles. The molecule has 2 N–H and O–H groups in total. The van der Waals surface area contributed by atoms with E-state index in [1.165, 1.54) is 6.42 Å². The van der Waals surface area contributed by atoms with Gasteiger partial charge in [0.1, 0.15) is 0 Å². The summed E-state index contributed by atoms with van der Waals surface area (Å²) in [6.45, 7) is 0.644. The van der Waals surface area contributed by atoms with Gasteiger partial charge >= 0.3 is 5.97 Å². The van der Waals surface area contributed by atoms with Gasteiger partial charge in [-0.05, 0) is 25.0 Å². The van der Waals surface area contributed by atoms with E-state index in [1.807, 2.05) is 53.4 Å². The minimum atomic E-state index is -0.709. The predicted octanol–water partition coefficient (Wildman–Crippen LogP) is 5.88. The largest absolute Gasteiger partial charge is 0.481 e. The number of amides is 2. The highest BCUT2D eigenvalue weighted by Gasteiger charge is 2.38. The Kier molecular flexibility index (Phi) is 7.78. The van der Waals surface area contributed by atoms with Crippen molar-refractivity contribution >= 4 is 40.3 Å². The van der Waals surface area contributed by atoms with Crippen LogP contribution >= 0.6 is 0 Å². The van der Waals surface area contributed by atoms with E-state index >= 15 is 0 Å². The van der Waals surface area contributed by atoms with Crippen molar-refractivity contribution in [1.29, 1.82) is 0 Å². The molecule has 2 amide bonds. The second-order valence-electron chi connectivity index (χ2n) is 9.05. The van der Waals surface area contributed by atoms with Gasteiger partial charge in [-0.25, -0.2) is 0 Å². The zero-order valence-corrected chi connectivity index (χ0v) is 19.5. The summed E-state index contributed by atoms with van der Waals surface area (Å²) in [5, 5.41) is 11.6. The summed E-state index contributed by atoms with van der Waals surface area (Å²) in [5.74, 6) is -1.02. The molecule has 0 saturated heterocycles. The lowest BCUT2D eigenvalue weighted by Gasteiger charge is -2.17. The Hall–Kier alpha value is -3.41. The van der Waals surface area contributed by atoms with Crippen molar-refractivity contribution in [2.45, 2.75) is 64.2 Å². The molecule has 6 nitrogen and oxygen atoms in total. The van der Waals surface area contributed by atoms with Gasteiger partial charge in [0, 0.05) is 29.8 Å². The Bertz CT molecular complexity index is 1110. The van der Waals surface area contributed by atoms with Gasteiger partial charge < -0.3 is 15.3 Å². The number of benzene rings is 2. The average molecular weight is 461 g/mol. The number of anilines is 2. The molecule has 4 rings (SSSR count). The Morgan fingerprint density at radius 3 is 2.03 bits per heavy atom. The topological polar surface area (TPSA) is 86.7 Å². The number of carbonyl (C=O) groups is 3. The summed E-state index contributed by atoms with van der Waals surface area (Å²) in [4.78, 5) is 38.6. The molecule has 2 aliphatic heterocycles. The molecule has 0 aliphatic carbocycles. The molecule has 2 heterocycles. The minimum Gasteiger partial charge on any atom is -0.481 e. The number of aliphatic carboxylic acids is 1. The number of rotatable bonds is 12. The summed E-state index contributed by atoms with van der Waals surface area (Å²) in [7, 11) is 0. The van der Waals surface area contributed by atoms with Crippen LogP contribution in [0, 0.1) is 0 Å². The maximum atomic E-state index is 13.5. The number of unbranched alkanes of at least 4 members (excludes halogenated alkanes) is 8. The highest BCUT2D eigenvalue weighted by Crippen LogP contribution is 2.44. The highest BCUT2D eigenvalue weighted by atomic mass is 16.4. The molecule has 0 bridgehead atoms. The first-order chi connectivity index (χ1) is 16.6. The van der Waals surface area contributed by atoms with Crippen LogP contribution in [0.4, 0.5) is 11.4 Å². The lowest BCUT2D eigenvalue weighted by Crippen LogP contribution is -2.28. The summed E-state index contributed by atoms with van der Waals surface area (Å²) >= 11 is 0. The lowest BCUT2D eigenvalue weighted by atomic mass is 9.96. The molecule has 0 fully saturated rings. The number of carbonyl (C=O) groups excluding carboxylic acids is 2. The molecule has 0 atom stereocenters. The Morgan fingerprint density at radius 2 is 1.32 bits per heavy atom. The number of carboxylic acids is 1. The maximum absolute atomic E-state index is 13.5. The Morgan fingerprint density at radius 1 is 0.735 bits per heavy atom. The molecule has 2 aliphatic rings. The quantitative estimate of drug-likeness (QED) is 0.306. The van der Waals surface area contributed by atoms with Crippen LogP contribution < -0.4 is 10.2 Å².